The molecular formula is C20H32N4O2. The van der Waals surface area contributed by atoms with Gasteiger partial charge >= 0.3 is 0 Å². The molecule has 0 saturated carbocycles. The first-order chi connectivity index (χ1) is 12.5. The Morgan fingerprint density at radius 3 is 2.69 bits per heavy atom. The molecule has 144 valence electrons. The van der Waals surface area contributed by atoms with Gasteiger partial charge in [0.2, 0.25) is 5.91 Å². The van der Waals surface area contributed by atoms with Crippen molar-refractivity contribution in [2.75, 3.05) is 26.7 Å². The van der Waals surface area contributed by atoms with Crippen LogP contribution in [0.25, 0.3) is 0 Å². The molecule has 0 aromatic heterocycles. The second-order valence-electron chi connectivity index (χ2n) is 6.98. The molecule has 1 aliphatic heterocycles. The Morgan fingerprint density at radius 1 is 1.35 bits per heavy atom. The molecule has 1 aromatic carbocycles. The number of aliphatic imine (C=N–C) groups is 1. The molecular weight excluding hydrogens is 328 g/mol. The van der Waals surface area contributed by atoms with E-state index < -0.39 is 0 Å². The van der Waals surface area contributed by atoms with E-state index in [0.717, 1.165) is 37.6 Å². The van der Waals surface area contributed by atoms with Gasteiger partial charge < -0.3 is 20.3 Å². The van der Waals surface area contributed by atoms with Gasteiger partial charge in [-0.15, -0.1) is 0 Å². The number of rotatable bonds is 7. The number of nitrogens with zero attached hydrogens (tertiary/aromatic N) is 2. The molecule has 2 unspecified atom stereocenters. The zero-order valence-corrected chi connectivity index (χ0v) is 16.4. The van der Waals surface area contributed by atoms with Crippen LogP contribution >= 0.6 is 0 Å². The van der Waals surface area contributed by atoms with Crippen LogP contribution in [0.15, 0.2) is 35.3 Å². The fourth-order valence-corrected chi connectivity index (χ4v) is 3.00. The Kier molecular flexibility index (Phi) is 7.75. The fourth-order valence-electron chi connectivity index (χ4n) is 3.00. The van der Waals surface area contributed by atoms with Crippen LogP contribution in [-0.2, 0) is 4.79 Å². The van der Waals surface area contributed by atoms with Crippen molar-refractivity contribution in [2.24, 2.45) is 10.9 Å². The Balaban J connectivity index is 1.79. The van der Waals surface area contributed by atoms with Crippen LogP contribution in [0.3, 0.4) is 0 Å². The maximum atomic E-state index is 12.1. The third kappa shape index (κ3) is 5.93. The van der Waals surface area contributed by atoms with Crippen molar-refractivity contribution in [3.8, 4) is 5.75 Å². The van der Waals surface area contributed by atoms with Gasteiger partial charge in [-0.1, -0.05) is 39.0 Å². The number of amides is 1. The average Bonchev–Trinajstić information content (AvgIpc) is 3.12. The highest BCUT2D eigenvalue weighted by Gasteiger charge is 2.28. The number of ether oxygens (including phenoxy) is 1. The summed E-state index contributed by atoms with van der Waals surface area (Å²) in [5.74, 6) is 1.90. The van der Waals surface area contributed by atoms with E-state index in [9.17, 15) is 4.79 Å². The minimum Gasteiger partial charge on any atom is -0.489 e. The molecule has 1 fully saturated rings. The summed E-state index contributed by atoms with van der Waals surface area (Å²) in [4.78, 5) is 18.3. The highest BCUT2D eigenvalue weighted by Crippen LogP contribution is 2.13. The molecule has 2 atom stereocenters. The number of carbonyl (C=O) groups is 1. The molecule has 0 radical (unpaired) electrons. The number of carbonyl (C=O) groups excluding carboxylic acids is 1. The number of hydrogen-bond donors (Lipinski definition) is 2. The zero-order chi connectivity index (χ0) is 18.9. The number of benzene rings is 1. The van der Waals surface area contributed by atoms with Crippen molar-refractivity contribution in [1.29, 1.82) is 0 Å². The molecule has 2 N–H and O–H groups in total. The average molecular weight is 361 g/mol. The summed E-state index contributed by atoms with van der Waals surface area (Å²) >= 11 is 0. The van der Waals surface area contributed by atoms with Crippen LogP contribution in [0.1, 0.15) is 33.6 Å². The summed E-state index contributed by atoms with van der Waals surface area (Å²) in [6, 6.07) is 10.1. The van der Waals surface area contributed by atoms with E-state index in [-0.39, 0.29) is 24.0 Å². The van der Waals surface area contributed by atoms with Crippen LogP contribution in [-0.4, -0.2) is 55.6 Å². The lowest BCUT2D eigenvalue weighted by Gasteiger charge is -2.22. The molecule has 1 heterocycles. The van der Waals surface area contributed by atoms with Crippen LogP contribution in [0.5, 0.6) is 5.75 Å². The summed E-state index contributed by atoms with van der Waals surface area (Å²) in [6.07, 6.45) is 1.91. The predicted octanol–water partition coefficient (Wildman–Crippen LogP) is 2.27. The normalized spacial score (nSPS) is 18.7. The topological polar surface area (TPSA) is 66.0 Å². The van der Waals surface area contributed by atoms with E-state index in [0.29, 0.717) is 6.54 Å². The molecule has 0 spiro atoms. The third-order valence-corrected chi connectivity index (χ3v) is 4.56. The molecule has 6 heteroatoms. The van der Waals surface area contributed by atoms with Crippen LogP contribution in [0.4, 0.5) is 0 Å². The first-order valence-corrected chi connectivity index (χ1v) is 9.51. The monoisotopic (exact) mass is 360 g/mol. The maximum Gasteiger partial charge on any atom is 0.225 e. The van der Waals surface area contributed by atoms with Gasteiger partial charge in [0, 0.05) is 32.1 Å². The van der Waals surface area contributed by atoms with Crippen LogP contribution < -0.4 is 15.4 Å². The molecule has 1 saturated heterocycles. The van der Waals surface area contributed by atoms with E-state index in [4.69, 9.17) is 4.74 Å². The quantitative estimate of drug-likeness (QED) is 0.578. The van der Waals surface area contributed by atoms with Crippen LogP contribution in [0, 0.1) is 5.92 Å². The minimum absolute atomic E-state index is 0.0478. The summed E-state index contributed by atoms with van der Waals surface area (Å²) in [7, 11) is 1.76. The van der Waals surface area contributed by atoms with Crippen molar-refractivity contribution >= 4 is 11.9 Å². The van der Waals surface area contributed by atoms with E-state index >= 15 is 0 Å². The largest absolute Gasteiger partial charge is 0.489 e. The predicted molar refractivity (Wildman–Crippen MR) is 105 cm³/mol. The first kappa shape index (κ1) is 20.1. The summed E-state index contributed by atoms with van der Waals surface area (Å²) in [6.45, 7) is 8.21. The van der Waals surface area contributed by atoms with Gasteiger partial charge in [-0.25, -0.2) is 0 Å². The Bertz CT molecular complexity index is 589. The summed E-state index contributed by atoms with van der Waals surface area (Å²) in [5, 5.41) is 6.77. The lowest BCUT2D eigenvalue weighted by molar-refractivity contribution is -0.133. The summed E-state index contributed by atoms with van der Waals surface area (Å²) < 4.78 is 6.01. The van der Waals surface area contributed by atoms with Crippen molar-refractivity contribution in [3.63, 3.8) is 0 Å². The van der Waals surface area contributed by atoms with E-state index in [2.05, 4.69) is 22.5 Å². The molecule has 2 rings (SSSR count). The zero-order valence-electron chi connectivity index (χ0n) is 16.4. The molecule has 0 aliphatic carbocycles. The van der Waals surface area contributed by atoms with Gasteiger partial charge in [-0.3, -0.25) is 9.79 Å². The third-order valence-electron chi connectivity index (χ3n) is 4.56. The van der Waals surface area contributed by atoms with Crippen molar-refractivity contribution in [3.05, 3.63) is 30.3 Å². The molecule has 1 amide bonds. The SMILES string of the molecule is CCC(CNC(=NC)NC1CCN(C(=O)C(C)C)C1)Oc1ccccc1. The van der Waals surface area contributed by atoms with Crippen LogP contribution in [0.2, 0.25) is 0 Å². The number of guanidine groups is 1. The standard InChI is InChI=1S/C20H32N4O2/c1-5-17(26-18-9-7-6-8-10-18)13-22-20(21-4)23-16-11-12-24(14-16)19(25)15(2)3/h6-10,15-17H,5,11-14H2,1-4H3,(H2,21,22,23). The Labute approximate surface area is 157 Å². The highest BCUT2D eigenvalue weighted by molar-refractivity contribution is 5.81. The molecule has 26 heavy (non-hydrogen) atoms. The van der Waals surface area contributed by atoms with E-state index in [1.807, 2.05) is 49.1 Å². The maximum absolute atomic E-state index is 12.1. The first-order valence-electron chi connectivity index (χ1n) is 9.51. The van der Waals surface area contributed by atoms with Gasteiger partial charge in [-0.05, 0) is 25.0 Å². The molecule has 6 nitrogen and oxygen atoms in total. The lowest BCUT2D eigenvalue weighted by atomic mass is 10.2. The number of para-hydroxylation sites is 1. The molecule has 0 bridgehead atoms. The lowest BCUT2D eigenvalue weighted by Crippen LogP contribution is -2.47. The van der Waals surface area contributed by atoms with Gasteiger partial charge in [0.15, 0.2) is 5.96 Å². The number of hydrogen-bond acceptors (Lipinski definition) is 3. The molecule has 1 aliphatic rings. The second-order valence-corrected chi connectivity index (χ2v) is 6.98. The minimum atomic E-state index is 0.0478. The van der Waals surface area contributed by atoms with Gasteiger partial charge in [0.1, 0.15) is 11.9 Å². The van der Waals surface area contributed by atoms with Crippen molar-refractivity contribution < 1.29 is 9.53 Å². The Morgan fingerprint density at radius 2 is 2.08 bits per heavy atom. The second kappa shape index (κ2) is 10.0. The number of likely N-dealkylation sites (tertiary alicyclic amines) is 1. The summed E-state index contributed by atoms with van der Waals surface area (Å²) in [5.41, 5.74) is 0. The fraction of sp³-hybridized carbons (Fsp3) is 0.600. The van der Waals surface area contributed by atoms with Crippen molar-refractivity contribution in [2.45, 2.75) is 45.8 Å². The smallest absolute Gasteiger partial charge is 0.225 e. The Hall–Kier alpha value is -2.24. The molecule has 1 aromatic rings. The highest BCUT2D eigenvalue weighted by atomic mass is 16.5. The van der Waals surface area contributed by atoms with Crippen molar-refractivity contribution in [1.82, 2.24) is 15.5 Å². The van der Waals surface area contributed by atoms with Gasteiger partial charge in [-0.2, -0.15) is 0 Å². The van der Waals surface area contributed by atoms with Gasteiger partial charge in [0.25, 0.3) is 0 Å². The van der Waals surface area contributed by atoms with E-state index in [1.165, 1.54) is 0 Å². The number of nitrogens with one attached hydrogen (secondary N) is 2. The van der Waals surface area contributed by atoms with E-state index in [1.54, 1.807) is 7.05 Å². The van der Waals surface area contributed by atoms with Gasteiger partial charge in [0.05, 0.1) is 6.54 Å².